The van der Waals surface area contributed by atoms with Gasteiger partial charge in [0.05, 0.1) is 10.7 Å². The predicted molar refractivity (Wildman–Crippen MR) is 97.3 cm³/mol. The highest BCUT2D eigenvalue weighted by atomic mass is 32.2. The lowest BCUT2D eigenvalue weighted by Crippen LogP contribution is -2.30. The number of thioether (sulfide) groups is 1. The van der Waals surface area contributed by atoms with E-state index in [2.05, 4.69) is 15.5 Å². The van der Waals surface area contributed by atoms with Crippen molar-refractivity contribution in [3.63, 3.8) is 0 Å². The van der Waals surface area contributed by atoms with E-state index in [-0.39, 0.29) is 0 Å². The maximum Gasteiger partial charge on any atom is 0.428 e. The normalized spacial score (nSPS) is 11.9. The van der Waals surface area contributed by atoms with Crippen molar-refractivity contribution in [3.05, 3.63) is 60.3 Å². The number of rotatable bonds is 5. The van der Waals surface area contributed by atoms with Crippen LogP contribution in [0.25, 0.3) is 0 Å². The van der Waals surface area contributed by atoms with Crippen molar-refractivity contribution in [2.45, 2.75) is 31.4 Å². The van der Waals surface area contributed by atoms with Crippen molar-refractivity contribution in [1.29, 1.82) is 0 Å². The Balaban J connectivity index is 2.08. The Labute approximate surface area is 146 Å². The number of nitrogens with zero attached hydrogens (tertiary/aromatic N) is 2. The first-order chi connectivity index (χ1) is 11.4. The Morgan fingerprint density at radius 3 is 2.50 bits per heavy atom. The van der Waals surface area contributed by atoms with Gasteiger partial charge in [-0.1, -0.05) is 48.2 Å². The van der Waals surface area contributed by atoms with E-state index in [1.807, 2.05) is 69.3 Å². The SMILES string of the molecule is CC(C)(C)OC(=O)N/N=C(/CSc1ccccn1)c1ccccc1. The zero-order valence-electron chi connectivity index (χ0n) is 14.0. The number of hydrazone groups is 1. The third kappa shape index (κ3) is 6.42. The van der Waals surface area contributed by atoms with Crippen LogP contribution in [0.3, 0.4) is 0 Å². The van der Waals surface area contributed by atoms with Gasteiger partial charge in [-0.25, -0.2) is 15.2 Å². The van der Waals surface area contributed by atoms with Crippen LogP contribution in [0.2, 0.25) is 0 Å². The highest BCUT2D eigenvalue weighted by Gasteiger charge is 2.16. The van der Waals surface area contributed by atoms with E-state index in [9.17, 15) is 4.79 Å². The van der Waals surface area contributed by atoms with E-state index in [0.29, 0.717) is 5.75 Å². The van der Waals surface area contributed by atoms with Gasteiger partial charge in [-0.05, 0) is 38.5 Å². The molecule has 24 heavy (non-hydrogen) atoms. The molecule has 0 aliphatic heterocycles. The van der Waals surface area contributed by atoms with Gasteiger partial charge in [0.15, 0.2) is 0 Å². The number of nitrogens with one attached hydrogen (secondary N) is 1. The van der Waals surface area contributed by atoms with Gasteiger partial charge in [-0.2, -0.15) is 5.10 Å². The monoisotopic (exact) mass is 343 g/mol. The fourth-order valence-corrected chi connectivity index (χ4v) is 2.63. The summed E-state index contributed by atoms with van der Waals surface area (Å²) >= 11 is 1.55. The van der Waals surface area contributed by atoms with Crippen LogP contribution in [0.15, 0.2) is 64.9 Å². The van der Waals surface area contributed by atoms with Crippen molar-refractivity contribution in [3.8, 4) is 0 Å². The molecule has 0 saturated heterocycles. The fraction of sp³-hybridized carbons (Fsp3) is 0.278. The van der Waals surface area contributed by atoms with Crippen LogP contribution >= 0.6 is 11.8 Å². The molecule has 2 aromatic rings. The van der Waals surface area contributed by atoms with Gasteiger partial charge >= 0.3 is 6.09 Å². The second kappa shape index (κ2) is 8.49. The topological polar surface area (TPSA) is 63.6 Å². The molecule has 0 saturated carbocycles. The molecule has 0 aliphatic rings. The number of aromatic nitrogens is 1. The Kier molecular flexibility index (Phi) is 6.37. The van der Waals surface area contributed by atoms with E-state index in [1.165, 1.54) is 0 Å². The van der Waals surface area contributed by atoms with Gasteiger partial charge in [0, 0.05) is 11.9 Å². The summed E-state index contributed by atoms with van der Waals surface area (Å²) in [6.07, 6.45) is 1.18. The molecule has 0 unspecified atom stereocenters. The first-order valence-corrected chi connectivity index (χ1v) is 8.57. The summed E-state index contributed by atoms with van der Waals surface area (Å²) in [6, 6.07) is 15.5. The summed E-state index contributed by atoms with van der Waals surface area (Å²) in [5.41, 5.74) is 3.60. The lowest BCUT2D eigenvalue weighted by molar-refractivity contribution is 0.0529. The molecule has 0 radical (unpaired) electrons. The minimum absolute atomic E-state index is 0.560. The second-order valence-corrected chi connectivity index (χ2v) is 6.99. The number of hydrogen-bond acceptors (Lipinski definition) is 5. The minimum Gasteiger partial charge on any atom is -0.443 e. The van der Waals surface area contributed by atoms with Crippen molar-refractivity contribution in [2.75, 3.05) is 5.75 Å². The van der Waals surface area contributed by atoms with Crippen LogP contribution in [0, 0.1) is 0 Å². The third-order valence-corrected chi connectivity index (χ3v) is 3.74. The van der Waals surface area contributed by atoms with Crippen LogP contribution in [-0.4, -0.2) is 28.1 Å². The minimum atomic E-state index is -0.571. The van der Waals surface area contributed by atoms with Gasteiger partial charge in [0.1, 0.15) is 5.60 Å². The first-order valence-electron chi connectivity index (χ1n) is 7.59. The maximum absolute atomic E-state index is 11.8. The summed E-state index contributed by atoms with van der Waals surface area (Å²) in [6.45, 7) is 5.43. The average Bonchev–Trinajstić information content (AvgIpc) is 2.55. The predicted octanol–water partition coefficient (Wildman–Crippen LogP) is 4.10. The summed E-state index contributed by atoms with van der Waals surface area (Å²) in [4.78, 5) is 16.1. The molecule has 2 rings (SSSR count). The number of hydrogen-bond donors (Lipinski definition) is 1. The lowest BCUT2D eigenvalue weighted by atomic mass is 10.1. The quantitative estimate of drug-likeness (QED) is 0.504. The van der Waals surface area contributed by atoms with Crippen LogP contribution in [0.1, 0.15) is 26.3 Å². The molecule has 0 spiro atoms. The molecule has 0 aliphatic carbocycles. The van der Waals surface area contributed by atoms with Crippen LogP contribution in [0.5, 0.6) is 0 Å². The standard InChI is InChI=1S/C18H21N3O2S/c1-18(2,3)23-17(22)21-20-15(14-9-5-4-6-10-14)13-24-16-11-7-8-12-19-16/h4-12H,13H2,1-3H3,(H,21,22)/b20-15-. The summed E-state index contributed by atoms with van der Waals surface area (Å²) in [5, 5.41) is 5.14. The Morgan fingerprint density at radius 2 is 1.88 bits per heavy atom. The first kappa shape index (κ1) is 18.0. The van der Waals surface area contributed by atoms with Crippen LogP contribution in [-0.2, 0) is 4.74 Å². The van der Waals surface area contributed by atoms with Crippen molar-refractivity contribution in [1.82, 2.24) is 10.4 Å². The largest absolute Gasteiger partial charge is 0.443 e. The van der Waals surface area contributed by atoms with Crippen molar-refractivity contribution < 1.29 is 9.53 Å². The molecular formula is C18H21N3O2S. The zero-order valence-corrected chi connectivity index (χ0v) is 14.8. The number of benzene rings is 1. The molecule has 6 heteroatoms. The molecule has 1 N–H and O–H groups in total. The number of ether oxygens (including phenoxy) is 1. The summed E-state index contributed by atoms with van der Waals surface area (Å²) in [5.74, 6) is 0.580. The molecule has 1 amide bonds. The molecule has 0 atom stereocenters. The molecule has 1 aromatic carbocycles. The molecule has 0 fully saturated rings. The molecular weight excluding hydrogens is 322 g/mol. The zero-order chi connectivity index (χ0) is 17.4. The van der Waals surface area contributed by atoms with Crippen molar-refractivity contribution >= 4 is 23.6 Å². The Hall–Kier alpha value is -2.34. The molecule has 0 bridgehead atoms. The van der Waals surface area contributed by atoms with E-state index in [0.717, 1.165) is 16.3 Å². The Morgan fingerprint density at radius 1 is 1.17 bits per heavy atom. The molecule has 5 nitrogen and oxygen atoms in total. The lowest BCUT2D eigenvalue weighted by Gasteiger charge is -2.18. The van der Waals surface area contributed by atoms with Gasteiger partial charge < -0.3 is 4.74 Å². The average molecular weight is 343 g/mol. The number of amides is 1. The molecule has 1 aromatic heterocycles. The van der Waals surface area contributed by atoms with Crippen LogP contribution < -0.4 is 5.43 Å². The van der Waals surface area contributed by atoms with Crippen molar-refractivity contribution in [2.24, 2.45) is 5.10 Å². The third-order valence-electron chi connectivity index (χ3n) is 2.78. The van der Waals surface area contributed by atoms with E-state index < -0.39 is 11.7 Å². The van der Waals surface area contributed by atoms with E-state index >= 15 is 0 Å². The molecule has 1 heterocycles. The van der Waals surface area contributed by atoms with Gasteiger partial charge in [0.2, 0.25) is 0 Å². The molecule has 126 valence electrons. The van der Waals surface area contributed by atoms with Gasteiger partial charge in [0.25, 0.3) is 0 Å². The van der Waals surface area contributed by atoms with Crippen LogP contribution in [0.4, 0.5) is 4.79 Å². The highest BCUT2D eigenvalue weighted by molar-refractivity contribution is 7.99. The fourth-order valence-electron chi connectivity index (χ4n) is 1.80. The maximum atomic E-state index is 11.8. The smallest absolute Gasteiger partial charge is 0.428 e. The number of pyridine rings is 1. The number of carbonyl (C=O) groups is 1. The summed E-state index contributed by atoms with van der Waals surface area (Å²) in [7, 11) is 0. The van der Waals surface area contributed by atoms with Gasteiger partial charge in [-0.3, -0.25) is 0 Å². The van der Waals surface area contributed by atoms with Gasteiger partial charge in [-0.15, -0.1) is 0 Å². The van der Waals surface area contributed by atoms with E-state index in [1.54, 1.807) is 18.0 Å². The Bertz CT molecular complexity index is 682. The summed E-state index contributed by atoms with van der Waals surface area (Å²) < 4.78 is 5.21. The number of carbonyl (C=O) groups excluding carboxylic acids is 1. The van der Waals surface area contributed by atoms with E-state index in [4.69, 9.17) is 4.74 Å². The second-order valence-electron chi connectivity index (χ2n) is 5.99. The highest BCUT2D eigenvalue weighted by Crippen LogP contribution is 2.16.